The maximum atomic E-state index is 10.6. The number of carbonyl (C=O) groups is 1. The van der Waals surface area contributed by atoms with E-state index in [2.05, 4.69) is 35.8 Å². The summed E-state index contributed by atoms with van der Waals surface area (Å²) in [5.74, 6) is 1.00. The topological polar surface area (TPSA) is 76.4 Å². The summed E-state index contributed by atoms with van der Waals surface area (Å²) in [5, 5.41) is 6.03. The number of para-hydroxylation sites is 1. The molecule has 19 heavy (non-hydrogen) atoms. The molecule has 0 bridgehead atoms. The minimum absolute atomic E-state index is 0.270. The number of ether oxygens (including phenoxy) is 1. The van der Waals surface area contributed by atoms with Crippen molar-refractivity contribution >= 4 is 6.03 Å². The summed E-state index contributed by atoms with van der Waals surface area (Å²) in [5.41, 5.74) is 7.41. The molecule has 1 heterocycles. The molecule has 4 N–H and O–H groups in total. The quantitative estimate of drug-likeness (QED) is 0.720. The second-order valence-corrected chi connectivity index (χ2v) is 4.78. The van der Waals surface area contributed by atoms with Crippen molar-refractivity contribution in [3.8, 4) is 5.75 Å². The third-order valence-electron chi connectivity index (χ3n) is 3.32. The number of fused-ring (bicyclic) bond motifs is 1. The Morgan fingerprint density at radius 3 is 3.11 bits per heavy atom. The molecule has 1 aliphatic rings. The Bertz CT molecular complexity index is 448. The van der Waals surface area contributed by atoms with Gasteiger partial charge >= 0.3 is 6.03 Å². The first-order chi connectivity index (χ1) is 9.18. The van der Waals surface area contributed by atoms with E-state index in [0.717, 1.165) is 25.2 Å². The molecule has 2 rings (SSSR count). The average molecular weight is 263 g/mol. The number of benzene rings is 1. The average Bonchev–Trinajstić information content (AvgIpc) is 2.58. The normalized spacial score (nSPS) is 18.1. The highest BCUT2D eigenvalue weighted by atomic mass is 16.5. The molecule has 0 aromatic heterocycles. The molecule has 5 nitrogen and oxygen atoms in total. The highest BCUT2D eigenvalue weighted by Crippen LogP contribution is 2.33. The van der Waals surface area contributed by atoms with Crippen molar-refractivity contribution < 1.29 is 9.53 Å². The predicted molar refractivity (Wildman–Crippen MR) is 74.2 cm³/mol. The second kappa shape index (κ2) is 6.43. The monoisotopic (exact) mass is 263 g/mol. The molecule has 0 fully saturated rings. The lowest BCUT2D eigenvalue weighted by Gasteiger charge is -2.19. The van der Waals surface area contributed by atoms with E-state index in [-0.39, 0.29) is 6.04 Å². The lowest BCUT2D eigenvalue weighted by molar-refractivity contribution is 0.248. The predicted octanol–water partition coefficient (Wildman–Crippen LogP) is 1.47. The molecular weight excluding hydrogens is 242 g/mol. The molecule has 2 amide bonds. The molecule has 5 heteroatoms. The van der Waals surface area contributed by atoms with Gasteiger partial charge in [-0.3, -0.25) is 0 Å². The Hall–Kier alpha value is -1.75. The van der Waals surface area contributed by atoms with Crippen molar-refractivity contribution in [3.05, 3.63) is 29.3 Å². The van der Waals surface area contributed by atoms with Crippen molar-refractivity contribution in [1.29, 1.82) is 0 Å². The lowest BCUT2D eigenvalue weighted by atomic mass is 10.00. The molecule has 0 spiro atoms. The minimum atomic E-state index is -0.484. The van der Waals surface area contributed by atoms with Crippen molar-refractivity contribution in [2.75, 3.05) is 19.7 Å². The van der Waals surface area contributed by atoms with Gasteiger partial charge in [0.2, 0.25) is 0 Å². The van der Waals surface area contributed by atoms with Gasteiger partial charge in [-0.05, 0) is 25.3 Å². The van der Waals surface area contributed by atoms with E-state index in [9.17, 15) is 4.79 Å². The highest BCUT2D eigenvalue weighted by Gasteiger charge is 2.20. The van der Waals surface area contributed by atoms with Crippen LogP contribution in [0.25, 0.3) is 0 Å². The number of carbonyl (C=O) groups excluding carboxylic acids is 1. The van der Waals surface area contributed by atoms with E-state index < -0.39 is 6.03 Å². The van der Waals surface area contributed by atoms with Crippen molar-refractivity contribution in [2.45, 2.75) is 25.8 Å². The van der Waals surface area contributed by atoms with Crippen LogP contribution in [0.5, 0.6) is 5.75 Å². The van der Waals surface area contributed by atoms with E-state index in [1.54, 1.807) is 0 Å². The summed E-state index contributed by atoms with van der Waals surface area (Å²) in [7, 11) is 0. The first-order valence-corrected chi connectivity index (χ1v) is 6.67. The van der Waals surface area contributed by atoms with Gasteiger partial charge in [-0.2, -0.15) is 0 Å². The fourth-order valence-corrected chi connectivity index (χ4v) is 2.41. The van der Waals surface area contributed by atoms with Crippen LogP contribution in [-0.2, 0) is 0 Å². The zero-order chi connectivity index (χ0) is 13.7. The second-order valence-electron chi connectivity index (χ2n) is 4.78. The van der Waals surface area contributed by atoms with E-state index in [1.165, 1.54) is 11.1 Å². The largest absolute Gasteiger partial charge is 0.493 e. The van der Waals surface area contributed by atoms with Gasteiger partial charge in [0.05, 0.1) is 6.61 Å². The van der Waals surface area contributed by atoms with Crippen molar-refractivity contribution in [1.82, 2.24) is 10.6 Å². The van der Waals surface area contributed by atoms with Crippen LogP contribution in [0.1, 0.15) is 30.0 Å². The lowest BCUT2D eigenvalue weighted by Crippen LogP contribution is -2.36. The number of aryl methyl sites for hydroxylation is 1. The van der Waals surface area contributed by atoms with Crippen LogP contribution < -0.4 is 21.1 Å². The van der Waals surface area contributed by atoms with E-state index in [4.69, 9.17) is 10.5 Å². The molecule has 1 aromatic carbocycles. The zero-order valence-electron chi connectivity index (χ0n) is 11.2. The first kappa shape index (κ1) is 13.7. The summed E-state index contributed by atoms with van der Waals surface area (Å²) in [6.07, 6.45) is 2.06. The molecule has 0 saturated carbocycles. The van der Waals surface area contributed by atoms with Gasteiger partial charge in [0.15, 0.2) is 0 Å². The maximum absolute atomic E-state index is 10.6. The van der Waals surface area contributed by atoms with Crippen LogP contribution in [0.2, 0.25) is 0 Å². The van der Waals surface area contributed by atoms with E-state index in [1.807, 2.05) is 0 Å². The molecule has 0 radical (unpaired) electrons. The number of nitrogens with one attached hydrogen (secondary N) is 2. The van der Waals surface area contributed by atoms with Crippen molar-refractivity contribution in [2.24, 2.45) is 5.73 Å². The number of amides is 2. The van der Waals surface area contributed by atoms with Crippen LogP contribution in [0.3, 0.4) is 0 Å². The Labute approximate surface area is 113 Å². The fourth-order valence-electron chi connectivity index (χ4n) is 2.41. The number of rotatable bonds is 4. The Morgan fingerprint density at radius 1 is 1.47 bits per heavy atom. The summed E-state index contributed by atoms with van der Waals surface area (Å²) in [6.45, 7) is 4.06. The molecule has 0 saturated heterocycles. The Kier molecular flexibility index (Phi) is 4.63. The van der Waals surface area contributed by atoms with E-state index in [0.29, 0.717) is 13.1 Å². The minimum Gasteiger partial charge on any atom is -0.493 e. The van der Waals surface area contributed by atoms with Crippen LogP contribution in [-0.4, -0.2) is 25.7 Å². The zero-order valence-corrected chi connectivity index (χ0v) is 11.2. The maximum Gasteiger partial charge on any atom is 0.312 e. The summed E-state index contributed by atoms with van der Waals surface area (Å²) >= 11 is 0. The summed E-state index contributed by atoms with van der Waals surface area (Å²) < 4.78 is 5.82. The molecule has 0 aliphatic carbocycles. The highest BCUT2D eigenvalue weighted by molar-refractivity contribution is 5.71. The van der Waals surface area contributed by atoms with Crippen LogP contribution in [0.15, 0.2) is 18.2 Å². The van der Waals surface area contributed by atoms with Gasteiger partial charge in [0.1, 0.15) is 5.75 Å². The van der Waals surface area contributed by atoms with Gasteiger partial charge in [-0.15, -0.1) is 0 Å². The van der Waals surface area contributed by atoms with Gasteiger partial charge in [-0.1, -0.05) is 18.2 Å². The number of hydrogen-bond donors (Lipinski definition) is 3. The smallest absolute Gasteiger partial charge is 0.312 e. The van der Waals surface area contributed by atoms with Gasteiger partial charge in [-0.25, -0.2) is 4.79 Å². The van der Waals surface area contributed by atoms with Crippen LogP contribution in [0, 0.1) is 6.92 Å². The van der Waals surface area contributed by atoms with Crippen LogP contribution in [0.4, 0.5) is 4.79 Å². The Balaban J connectivity index is 2.01. The van der Waals surface area contributed by atoms with Crippen LogP contribution >= 0.6 is 0 Å². The SMILES string of the molecule is Cc1cccc2c1OCCCC2NCCNC(N)=O. The van der Waals surface area contributed by atoms with Gasteiger partial charge in [0, 0.05) is 24.7 Å². The number of hydrogen-bond acceptors (Lipinski definition) is 3. The Morgan fingerprint density at radius 2 is 2.32 bits per heavy atom. The van der Waals surface area contributed by atoms with Crippen molar-refractivity contribution in [3.63, 3.8) is 0 Å². The number of primary amides is 1. The number of urea groups is 1. The standard InChI is InChI=1S/C14H21N3O2/c1-10-4-2-5-11-12(6-3-9-19-13(10)11)16-7-8-17-14(15)18/h2,4-5,12,16H,3,6-9H2,1H3,(H3,15,17,18). The molecule has 104 valence electrons. The van der Waals surface area contributed by atoms with E-state index >= 15 is 0 Å². The molecule has 1 aromatic rings. The molecular formula is C14H21N3O2. The molecule has 1 unspecified atom stereocenters. The molecule has 1 aliphatic heterocycles. The van der Waals surface area contributed by atoms with Gasteiger partial charge in [0.25, 0.3) is 0 Å². The fraction of sp³-hybridized carbons (Fsp3) is 0.500. The summed E-state index contributed by atoms with van der Waals surface area (Å²) in [4.78, 5) is 10.6. The summed E-state index contributed by atoms with van der Waals surface area (Å²) in [6, 6.07) is 6.01. The first-order valence-electron chi connectivity index (χ1n) is 6.67. The third kappa shape index (κ3) is 3.61. The number of nitrogens with two attached hydrogens (primary N) is 1. The molecule has 1 atom stereocenters. The third-order valence-corrected chi connectivity index (χ3v) is 3.32. The van der Waals surface area contributed by atoms with Gasteiger partial charge < -0.3 is 21.1 Å².